The van der Waals surface area contributed by atoms with Crippen molar-refractivity contribution in [2.24, 2.45) is 0 Å². The number of aryl methyl sites for hydroxylation is 1. The van der Waals surface area contributed by atoms with Gasteiger partial charge in [-0.2, -0.15) is 0 Å². The Hall–Kier alpha value is -1.97. The Balaban J connectivity index is 2.64. The number of benzene rings is 1. The number of fused-ring (bicyclic) bond motifs is 3. The van der Waals surface area contributed by atoms with Gasteiger partial charge in [0, 0.05) is 11.6 Å². The molecule has 0 saturated heterocycles. The van der Waals surface area contributed by atoms with Crippen molar-refractivity contribution in [3.05, 3.63) is 36.0 Å². The van der Waals surface area contributed by atoms with Gasteiger partial charge < -0.3 is 0 Å². The van der Waals surface area contributed by atoms with Crippen LogP contribution in [0.1, 0.15) is 5.56 Å². The molecule has 0 fully saturated rings. The molecule has 1 aromatic carbocycles. The zero-order valence-electron chi connectivity index (χ0n) is 7.68. The first-order chi connectivity index (χ1) is 6.86. The van der Waals surface area contributed by atoms with Gasteiger partial charge >= 0.3 is 0 Å². The summed E-state index contributed by atoms with van der Waals surface area (Å²) in [5, 5.41) is 13.8. The Kier molecular flexibility index (Phi) is 1.33. The maximum absolute atomic E-state index is 3.99. The number of hydrogen-bond acceptors (Lipinski definition) is 3. The summed E-state index contributed by atoms with van der Waals surface area (Å²) in [6, 6.07) is 8.18. The number of hydrogen-bond donors (Lipinski definition) is 0. The fraction of sp³-hybridized carbons (Fsp3) is 0.100. The summed E-state index contributed by atoms with van der Waals surface area (Å²) in [4.78, 5) is 0. The van der Waals surface area contributed by atoms with Gasteiger partial charge in [-0.15, -0.1) is 5.10 Å². The van der Waals surface area contributed by atoms with Crippen molar-refractivity contribution in [1.82, 2.24) is 20.0 Å². The van der Waals surface area contributed by atoms with Crippen molar-refractivity contribution >= 4 is 16.4 Å². The third-order valence-electron chi connectivity index (χ3n) is 2.44. The Morgan fingerprint density at radius 1 is 1.14 bits per heavy atom. The van der Waals surface area contributed by atoms with Gasteiger partial charge in [-0.25, -0.2) is 4.52 Å². The largest absolute Gasteiger partial charge is 0.200 e. The van der Waals surface area contributed by atoms with E-state index in [4.69, 9.17) is 0 Å². The highest BCUT2D eigenvalue weighted by molar-refractivity contribution is 5.95. The van der Waals surface area contributed by atoms with Crippen LogP contribution in [-0.2, 0) is 0 Å². The van der Waals surface area contributed by atoms with Gasteiger partial charge in [0.1, 0.15) is 0 Å². The third-order valence-corrected chi connectivity index (χ3v) is 2.44. The highest BCUT2D eigenvalue weighted by Crippen LogP contribution is 2.20. The molecule has 4 heteroatoms. The molecule has 68 valence electrons. The van der Waals surface area contributed by atoms with E-state index in [0.29, 0.717) is 0 Å². The number of pyridine rings is 1. The van der Waals surface area contributed by atoms with Gasteiger partial charge in [0.2, 0.25) is 0 Å². The van der Waals surface area contributed by atoms with E-state index in [2.05, 4.69) is 28.5 Å². The van der Waals surface area contributed by atoms with E-state index < -0.39 is 0 Å². The Bertz CT molecular complexity index is 612. The summed E-state index contributed by atoms with van der Waals surface area (Å²) in [5.74, 6) is 0. The maximum Gasteiger partial charge on any atom is 0.187 e. The lowest BCUT2D eigenvalue weighted by Gasteiger charge is -2.01. The lowest BCUT2D eigenvalue weighted by Crippen LogP contribution is -1.88. The summed E-state index contributed by atoms with van der Waals surface area (Å²) < 4.78 is 1.68. The monoisotopic (exact) mass is 184 g/mol. The Labute approximate surface area is 80.2 Å². The molecule has 0 unspecified atom stereocenters. The van der Waals surface area contributed by atoms with Crippen LogP contribution in [0.5, 0.6) is 0 Å². The third kappa shape index (κ3) is 0.849. The average molecular weight is 184 g/mol. The van der Waals surface area contributed by atoms with E-state index >= 15 is 0 Å². The molecular formula is C10H8N4. The van der Waals surface area contributed by atoms with Crippen LogP contribution >= 0.6 is 0 Å². The van der Waals surface area contributed by atoms with Crippen LogP contribution in [0.25, 0.3) is 16.4 Å². The van der Waals surface area contributed by atoms with E-state index in [1.54, 1.807) is 4.52 Å². The van der Waals surface area contributed by atoms with Crippen LogP contribution in [0, 0.1) is 6.92 Å². The predicted molar refractivity (Wildman–Crippen MR) is 53.0 cm³/mol. The predicted octanol–water partition coefficient (Wildman–Crippen LogP) is 1.59. The van der Waals surface area contributed by atoms with Crippen molar-refractivity contribution in [2.75, 3.05) is 0 Å². The van der Waals surface area contributed by atoms with E-state index in [9.17, 15) is 0 Å². The molecule has 0 aliphatic rings. The van der Waals surface area contributed by atoms with Gasteiger partial charge in [-0.3, -0.25) is 0 Å². The summed E-state index contributed by atoms with van der Waals surface area (Å²) in [7, 11) is 0. The summed E-state index contributed by atoms with van der Waals surface area (Å²) in [6.45, 7) is 2.09. The fourth-order valence-electron chi connectivity index (χ4n) is 1.71. The molecule has 0 saturated carbocycles. The van der Waals surface area contributed by atoms with Gasteiger partial charge in [-0.1, -0.05) is 18.2 Å². The minimum absolute atomic E-state index is 0.811. The second-order valence-corrected chi connectivity index (χ2v) is 3.30. The lowest BCUT2D eigenvalue weighted by atomic mass is 10.1. The number of aromatic nitrogens is 4. The van der Waals surface area contributed by atoms with Gasteiger partial charge in [0.25, 0.3) is 0 Å². The summed E-state index contributed by atoms with van der Waals surface area (Å²) >= 11 is 0. The van der Waals surface area contributed by atoms with Crippen molar-refractivity contribution in [1.29, 1.82) is 0 Å². The van der Waals surface area contributed by atoms with E-state index in [-0.39, 0.29) is 0 Å². The average Bonchev–Trinajstić information content (AvgIpc) is 2.66. The molecule has 2 aromatic heterocycles. The molecule has 0 aliphatic heterocycles. The first kappa shape index (κ1) is 7.44. The van der Waals surface area contributed by atoms with Crippen LogP contribution < -0.4 is 0 Å². The van der Waals surface area contributed by atoms with Gasteiger partial charge in [0.05, 0.1) is 0 Å². The second-order valence-electron chi connectivity index (χ2n) is 3.30. The molecular weight excluding hydrogens is 176 g/mol. The molecule has 4 nitrogen and oxygen atoms in total. The molecule has 0 spiro atoms. The minimum Gasteiger partial charge on any atom is -0.200 e. The van der Waals surface area contributed by atoms with Crippen LogP contribution in [-0.4, -0.2) is 20.0 Å². The number of nitrogens with zero attached hydrogens (tertiary/aromatic N) is 4. The zero-order chi connectivity index (χ0) is 9.54. The zero-order valence-corrected chi connectivity index (χ0v) is 7.68. The van der Waals surface area contributed by atoms with Crippen LogP contribution in [0.15, 0.2) is 30.5 Å². The van der Waals surface area contributed by atoms with E-state index in [1.807, 2.05) is 24.4 Å². The van der Waals surface area contributed by atoms with Crippen LogP contribution in [0.3, 0.4) is 0 Å². The van der Waals surface area contributed by atoms with Crippen molar-refractivity contribution in [3.8, 4) is 0 Å². The highest BCUT2D eigenvalue weighted by Gasteiger charge is 2.03. The van der Waals surface area contributed by atoms with Crippen molar-refractivity contribution < 1.29 is 0 Å². The highest BCUT2D eigenvalue weighted by atomic mass is 15.5. The van der Waals surface area contributed by atoms with Crippen LogP contribution in [0.2, 0.25) is 0 Å². The number of tetrazole rings is 1. The summed E-state index contributed by atoms with van der Waals surface area (Å²) in [5.41, 5.74) is 2.05. The molecule has 0 amide bonds. The molecule has 0 radical (unpaired) electrons. The first-order valence-corrected chi connectivity index (χ1v) is 4.42. The van der Waals surface area contributed by atoms with E-state index in [1.165, 1.54) is 10.9 Å². The normalized spacial score (nSPS) is 11.2. The molecule has 0 atom stereocenters. The maximum atomic E-state index is 3.99. The molecule has 3 rings (SSSR count). The molecule has 14 heavy (non-hydrogen) atoms. The quantitative estimate of drug-likeness (QED) is 0.532. The van der Waals surface area contributed by atoms with Gasteiger partial charge in [0.15, 0.2) is 5.65 Å². The summed E-state index contributed by atoms with van der Waals surface area (Å²) in [6.07, 6.45) is 1.88. The molecule has 0 aliphatic carbocycles. The SMILES string of the molecule is Cc1cccc2c1ccn1nnnc21. The van der Waals surface area contributed by atoms with Gasteiger partial charge in [-0.05, 0) is 34.4 Å². The molecule has 3 aromatic rings. The fourth-order valence-corrected chi connectivity index (χ4v) is 1.71. The first-order valence-electron chi connectivity index (χ1n) is 4.42. The lowest BCUT2D eigenvalue weighted by molar-refractivity contribution is 0.824. The van der Waals surface area contributed by atoms with E-state index in [0.717, 1.165) is 11.0 Å². The molecule has 2 heterocycles. The number of rotatable bonds is 0. The standard InChI is InChI=1S/C10H8N4/c1-7-3-2-4-9-8(7)5-6-14-10(9)11-12-13-14/h2-6H,1H3. The van der Waals surface area contributed by atoms with Crippen LogP contribution in [0.4, 0.5) is 0 Å². The van der Waals surface area contributed by atoms with Crippen molar-refractivity contribution in [3.63, 3.8) is 0 Å². The molecule has 0 N–H and O–H groups in total. The topological polar surface area (TPSA) is 43.1 Å². The minimum atomic E-state index is 0.811. The second kappa shape index (κ2) is 2.51. The van der Waals surface area contributed by atoms with Crippen molar-refractivity contribution in [2.45, 2.75) is 6.92 Å². The Morgan fingerprint density at radius 2 is 2.07 bits per heavy atom. The Morgan fingerprint density at radius 3 is 3.00 bits per heavy atom. The molecule has 0 bridgehead atoms. The smallest absolute Gasteiger partial charge is 0.187 e.